The minimum atomic E-state index is -0.971. The molecule has 0 radical (unpaired) electrons. The third-order valence-electron chi connectivity index (χ3n) is 14.7. The molecule has 24 nitrogen and oxygen atoms in total. The fourth-order valence-electron chi connectivity index (χ4n) is 10.0. The van der Waals surface area contributed by atoms with Gasteiger partial charge in [0, 0.05) is 70.5 Å². The van der Waals surface area contributed by atoms with Gasteiger partial charge in [-0.1, -0.05) is 51.4 Å². The molecule has 2 amide bonds. The molecule has 24 heteroatoms. The summed E-state index contributed by atoms with van der Waals surface area (Å²) in [6.45, 7) is 23.0. The lowest BCUT2D eigenvalue weighted by atomic mass is 10.0. The molecule has 3 aliphatic rings. The molecule has 3 saturated heterocycles. The van der Waals surface area contributed by atoms with Gasteiger partial charge in [-0.3, -0.25) is 24.8 Å². The highest BCUT2D eigenvalue weighted by Crippen LogP contribution is 2.43. The van der Waals surface area contributed by atoms with E-state index in [0.717, 1.165) is 41.6 Å². The van der Waals surface area contributed by atoms with E-state index in [-0.39, 0.29) is 35.1 Å². The van der Waals surface area contributed by atoms with E-state index >= 15 is 0 Å². The van der Waals surface area contributed by atoms with Crippen molar-refractivity contribution in [2.75, 3.05) is 0 Å². The number of carbonyl (C=O) groups is 3. The van der Waals surface area contributed by atoms with Crippen molar-refractivity contribution in [3.05, 3.63) is 179 Å². The first kappa shape index (κ1) is 69.0. The SMILES string of the molecule is CC(C)(C)OC(=O)N1C(C(=O)O)CCC1(C)C.CC(C)(C)OC(=O)N1C(c2nc(-c3ccc(C#Cc4ccccn4)cn3)no2)CCC1(C)C.CC1(C)CCC(c2nc(-c3ccc(C#Cc4ccccn4)cn3)no2)N1.N/C(=N\O)c1ccc(C#Cc2ccccn2)cn1. The van der Waals surface area contributed by atoms with Crippen LogP contribution in [0.3, 0.4) is 0 Å². The number of oxime groups is 1. The van der Waals surface area contributed by atoms with E-state index in [1.165, 1.54) is 4.90 Å². The minimum absolute atomic E-state index is 0.0285. The summed E-state index contributed by atoms with van der Waals surface area (Å²) in [6, 6.07) is 26.5. The number of aliphatic carboxylic acids is 1. The van der Waals surface area contributed by atoms with Gasteiger partial charge in [-0.2, -0.15) is 9.97 Å². The molecule has 11 rings (SSSR count). The summed E-state index contributed by atoms with van der Waals surface area (Å²) in [7, 11) is 0. The van der Waals surface area contributed by atoms with Crippen molar-refractivity contribution in [2.45, 2.75) is 168 Å². The fourth-order valence-corrected chi connectivity index (χ4v) is 10.0. The molecule has 0 bridgehead atoms. The number of amides is 2. The van der Waals surface area contributed by atoms with Gasteiger partial charge in [-0.15, -0.1) is 0 Å². The number of carboxylic acid groups (broad SMARTS) is 1. The molecular weight excluding hydrogens is 1190 g/mol. The van der Waals surface area contributed by atoms with Crippen molar-refractivity contribution in [1.29, 1.82) is 0 Å². The smallest absolute Gasteiger partial charge is 0.411 e. The second-order valence-corrected chi connectivity index (χ2v) is 26.0. The normalized spacial score (nSPS) is 17.4. The number of amidine groups is 1. The number of nitrogens with two attached hydrogens (primary N) is 1. The Hall–Kier alpha value is -10.9. The van der Waals surface area contributed by atoms with E-state index in [1.54, 1.807) is 81.1 Å². The van der Waals surface area contributed by atoms with E-state index in [2.05, 4.69) is 110 Å². The lowest BCUT2D eigenvalue weighted by Crippen LogP contribution is -2.51. The highest BCUT2D eigenvalue weighted by molar-refractivity contribution is 5.95. The number of likely N-dealkylation sites (tertiary alicyclic amines) is 2. The maximum Gasteiger partial charge on any atom is 0.411 e. The summed E-state index contributed by atoms with van der Waals surface area (Å²) < 4.78 is 21.9. The summed E-state index contributed by atoms with van der Waals surface area (Å²) in [5.74, 6) is 18.8. The number of hydrogen-bond donors (Lipinski definition) is 4. The fraction of sp³-hybridized carbons (Fsp3) is 0.371. The first-order valence-corrected chi connectivity index (χ1v) is 30.4. The number of nitrogens with one attached hydrogen (secondary N) is 1. The van der Waals surface area contributed by atoms with Crippen LogP contribution in [-0.4, -0.2) is 128 Å². The molecule has 8 aromatic heterocycles. The van der Waals surface area contributed by atoms with Gasteiger partial charge in [-0.25, -0.2) is 29.3 Å². The maximum absolute atomic E-state index is 12.9. The zero-order valence-electron chi connectivity index (χ0n) is 54.7. The molecule has 0 saturated carbocycles. The van der Waals surface area contributed by atoms with Crippen LogP contribution in [0.15, 0.2) is 142 Å². The molecule has 486 valence electrons. The van der Waals surface area contributed by atoms with Crippen LogP contribution in [-0.2, 0) is 14.3 Å². The largest absolute Gasteiger partial charge is 0.480 e. The molecule has 0 aliphatic carbocycles. The van der Waals surface area contributed by atoms with Crippen molar-refractivity contribution < 1.29 is 43.2 Å². The van der Waals surface area contributed by atoms with E-state index < -0.39 is 34.8 Å². The number of rotatable bonds is 6. The van der Waals surface area contributed by atoms with Crippen LogP contribution in [0.1, 0.15) is 185 Å². The van der Waals surface area contributed by atoms with E-state index in [0.29, 0.717) is 71.2 Å². The summed E-state index contributed by atoms with van der Waals surface area (Å²) in [5, 5.41) is 32.2. The third kappa shape index (κ3) is 19.6. The summed E-state index contributed by atoms with van der Waals surface area (Å²) >= 11 is 0. The van der Waals surface area contributed by atoms with Crippen LogP contribution in [0.4, 0.5) is 9.59 Å². The highest BCUT2D eigenvalue weighted by atomic mass is 16.6. The predicted molar refractivity (Wildman–Crippen MR) is 349 cm³/mol. The Kier molecular flexibility index (Phi) is 22.0. The predicted octanol–water partition coefficient (Wildman–Crippen LogP) is 11.1. The van der Waals surface area contributed by atoms with Gasteiger partial charge in [0.15, 0.2) is 5.84 Å². The van der Waals surface area contributed by atoms with Crippen molar-refractivity contribution in [2.24, 2.45) is 10.9 Å². The Morgan fingerprint density at radius 2 is 1.02 bits per heavy atom. The van der Waals surface area contributed by atoms with Crippen molar-refractivity contribution >= 4 is 24.0 Å². The molecule has 94 heavy (non-hydrogen) atoms. The number of ether oxygens (including phenoxy) is 2. The van der Waals surface area contributed by atoms with Crippen LogP contribution >= 0.6 is 0 Å². The average Bonchev–Trinajstić information content (AvgIpc) is 1.63. The Morgan fingerprint density at radius 3 is 1.43 bits per heavy atom. The molecule has 0 spiro atoms. The monoisotopic (exact) mass is 1270 g/mol. The standard InChI is InChI=1S/C25H27N5O3.C20H19N5O.C13H10N4O.C12H21NO4/c1-24(2,3)32-23(31)30-20(13-14-25(30,4)5)22-28-21(29-33-22)19-12-10-17(16-27-19)9-11-18-8-6-7-15-26-18;1-20(2)11-10-17(24-20)19-23-18(25-26-19)16-9-7-14(13-22-16)6-8-15-5-3-4-12-21-15;14-13(17-18)12-7-5-10(9-16-12)4-6-11-3-1-2-8-15-11;1-11(2,3)17-10(16)13-8(9(14)15)6-7-12(13,4)5/h6-8,10,12,15-16,20H,13-14H2,1-5H3;3-5,7,9,12-13,17,24H,10-11H2,1-2H3;1-3,5,7-9,18H,(H2,14,17);8H,6-7H2,1-5H3,(H,14,15). The second-order valence-electron chi connectivity index (χ2n) is 26.0. The Morgan fingerprint density at radius 1 is 0.574 bits per heavy atom. The number of aromatic nitrogens is 10. The Labute approximate surface area is 546 Å². The molecule has 3 unspecified atom stereocenters. The van der Waals surface area contributed by atoms with Gasteiger partial charge >= 0.3 is 18.2 Å². The second kappa shape index (κ2) is 30.0. The van der Waals surface area contributed by atoms with E-state index in [4.69, 9.17) is 34.6 Å². The van der Waals surface area contributed by atoms with Crippen LogP contribution in [0.2, 0.25) is 0 Å². The van der Waals surface area contributed by atoms with Gasteiger partial charge in [0.25, 0.3) is 0 Å². The van der Waals surface area contributed by atoms with Crippen LogP contribution in [0, 0.1) is 35.5 Å². The summed E-state index contributed by atoms with van der Waals surface area (Å²) in [6.07, 6.45) is 13.8. The number of hydrogen-bond acceptors (Lipinski definition) is 20. The lowest BCUT2D eigenvalue weighted by molar-refractivity contribution is -0.143. The molecule has 3 aliphatic heterocycles. The molecule has 11 heterocycles. The summed E-state index contributed by atoms with van der Waals surface area (Å²) in [4.78, 5) is 73.5. The Bertz CT molecular complexity index is 4090. The van der Waals surface area contributed by atoms with Crippen molar-refractivity contribution in [3.8, 4) is 58.6 Å². The molecular formula is C70H77N15O9. The van der Waals surface area contributed by atoms with Crippen molar-refractivity contribution in [1.82, 2.24) is 65.3 Å². The molecule has 3 fully saturated rings. The third-order valence-corrected chi connectivity index (χ3v) is 14.7. The highest BCUT2D eigenvalue weighted by Gasteiger charge is 2.49. The van der Waals surface area contributed by atoms with Gasteiger partial charge in [0.05, 0.1) is 6.04 Å². The minimum Gasteiger partial charge on any atom is -0.480 e. The topological polar surface area (TPSA) is 322 Å². The number of pyridine rings is 6. The van der Waals surface area contributed by atoms with Gasteiger partial charge < -0.3 is 39.9 Å². The van der Waals surface area contributed by atoms with E-state index in [1.807, 2.05) is 121 Å². The zero-order valence-corrected chi connectivity index (χ0v) is 54.7. The lowest BCUT2D eigenvalue weighted by Gasteiger charge is -2.35. The zero-order chi connectivity index (χ0) is 67.8. The van der Waals surface area contributed by atoms with Crippen LogP contribution in [0.25, 0.3) is 23.0 Å². The molecule has 8 aromatic rings. The summed E-state index contributed by atoms with van der Waals surface area (Å²) in [5.41, 5.74) is 9.49. The number of carboxylic acids is 1. The average molecular weight is 1270 g/mol. The maximum atomic E-state index is 12.9. The molecule has 5 N–H and O–H groups in total. The Balaban J connectivity index is 0.000000167. The van der Waals surface area contributed by atoms with Crippen LogP contribution in [0.5, 0.6) is 0 Å². The van der Waals surface area contributed by atoms with Crippen molar-refractivity contribution in [3.63, 3.8) is 0 Å². The molecule has 0 aromatic carbocycles. The van der Waals surface area contributed by atoms with Gasteiger partial charge in [0.1, 0.15) is 57.4 Å². The number of nitrogens with zero attached hydrogens (tertiary/aromatic N) is 13. The van der Waals surface area contributed by atoms with Crippen LogP contribution < -0.4 is 11.1 Å². The van der Waals surface area contributed by atoms with E-state index in [9.17, 15) is 14.4 Å². The first-order chi connectivity index (χ1) is 44.5. The quantitative estimate of drug-likeness (QED) is 0.0395. The first-order valence-electron chi connectivity index (χ1n) is 30.4. The number of carbonyl (C=O) groups excluding carboxylic acids is 2. The van der Waals surface area contributed by atoms with Gasteiger partial charge in [-0.05, 0) is 212 Å². The molecule has 3 atom stereocenters. The van der Waals surface area contributed by atoms with Gasteiger partial charge in [0.2, 0.25) is 23.4 Å².